The van der Waals surface area contributed by atoms with Crippen LogP contribution in [-0.2, 0) is 0 Å². The summed E-state index contributed by atoms with van der Waals surface area (Å²) >= 11 is 0. The van der Waals surface area contributed by atoms with Gasteiger partial charge in [0.15, 0.2) is 0 Å². The molecule has 1 rings (SSSR count). The molecule has 1 N–H and O–H groups in total. The van der Waals surface area contributed by atoms with E-state index in [2.05, 4.69) is 37.9 Å². The zero-order valence-electron chi connectivity index (χ0n) is 10.9. The van der Waals surface area contributed by atoms with Crippen molar-refractivity contribution in [2.75, 3.05) is 26.2 Å². The van der Waals surface area contributed by atoms with Gasteiger partial charge in [0.05, 0.1) is 0 Å². The monoisotopic (exact) mass is 212 g/mol. The van der Waals surface area contributed by atoms with Gasteiger partial charge in [-0.25, -0.2) is 0 Å². The first-order valence-electron chi connectivity index (χ1n) is 6.59. The van der Waals surface area contributed by atoms with Crippen LogP contribution in [0.4, 0.5) is 0 Å². The predicted molar refractivity (Wildman–Crippen MR) is 67.1 cm³/mol. The van der Waals surface area contributed by atoms with Crippen molar-refractivity contribution < 1.29 is 0 Å². The molecule has 0 bridgehead atoms. The largest absolute Gasteiger partial charge is 0.314 e. The lowest BCUT2D eigenvalue weighted by atomic mass is 9.91. The summed E-state index contributed by atoms with van der Waals surface area (Å²) in [4.78, 5) is 2.65. The Labute approximate surface area is 95.4 Å². The summed E-state index contributed by atoms with van der Waals surface area (Å²) in [7, 11) is 0. The third kappa shape index (κ3) is 4.52. The van der Waals surface area contributed by atoms with Gasteiger partial charge in [-0.2, -0.15) is 0 Å². The molecule has 2 heteroatoms. The highest BCUT2D eigenvalue weighted by atomic mass is 15.1. The molecule has 2 atom stereocenters. The molecule has 1 aliphatic rings. The summed E-state index contributed by atoms with van der Waals surface area (Å²) in [6, 6.07) is 0.685. The van der Waals surface area contributed by atoms with E-state index in [1.54, 1.807) is 0 Å². The molecule has 0 spiro atoms. The molecule has 2 nitrogen and oxygen atoms in total. The second kappa shape index (κ2) is 6.49. The van der Waals surface area contributed by atoms with Crippen molar-refractivity contribution in [3.05, 3.63) is 0 Å². The van der Waals surface area contributed by atoms with Gasteiger partial charge in [-0.1, -0.05) is 20.8 Å². The standard InChI is InChI=1S/C13H28N2/c1-5-14-12(4)13-7-6-8-15(10-13)9-11(2)3/h11-14H,5-10H2,1-4H3. The zero-order valence-corrected chi connectivity index (χ0v) is 10.9. The fourth-order valence-electron chi connectivity index (χ4n) is 2.67. The van der Waals surface area contributed by atoms with Crippen LogP contribution in [0.25, 0.3) is 0 Å². The summed E-state index contributed by atoms with van der Waals surface area (Å²) in [5.74, 6) is 1.66. The molecule has 1 saturated heterocycles. The van der Waals surface area contributed by atoms with Gasteiger partial charge in [-0.05, 0) is 44.7 Å². The van der Waals surface area contributed by atoms with Gasteiger partial charge < -0.3 is 10.2 Å². The van der Waals surface area contributed by atoms with E-state index >= 15 is 0 Å². The van der Waals surface area contributed by atoms with Gasteiger partial charge in [0, 0.05) is 19.1 Å². The fourth-order valence-corrected chi connectivity index (χ4v) is 2.67. The van der Waals surface area contributed by atoms with Gasteiger partial charge in [0.2, 0.25) is 0 Å². The minimum atomic E-state index is 0.685. The Morgan fingerprint density at radius 1 is 1.33 bits per heavy atom. The van der Waals surface area contributed by atoms with Gasteiger partial charge >= 0.3 is 0 Å². The Kier molecular flexibility index (Phi) is 5.62. The number of hydrogen-bond acceptors (Lipinski definition) is 2. The summed E-state index contributed by atoms with van der Waals surface area (Å²) in [5, 5.41) is 3.56. The topological polar surface area (TPSA) is 15.3 Å². The molecule has 1 fully saturated rings. The van der Waals surface area contributed by atoms with Gasteiger partial charge in [-0.3, -0.25) is 0 Å². The van der Waals surface area contributed by atoms with Crippen molar-refractivity contribution in [3.63, 3.8) is 0 Å². The Balaban J connectivity index is 2.34. The Hall–Kier alpha value is -0.0800. The first kappa shape index (κ1) is 13.0. The third-order valence-electron chi connectivity index (χ3n) is 3.40. The normalized spacial score (nSPS) is 25.8. The molecule has 1 aliphatic heterocycles. The molecular weight excluding hydrogens is 184 g/mol. The smallest absolute Gasteiger partial charge is 0.00791 e. The average Bonchev–Trinajstić information content (AvgIpc) is 2.17. The quantitative estimate of drug-likeness (QED) is 0.752. The zero-order chi connectivity index (χ0) is 11.3. The molecule has 1 heterocycles. The lowest BCUT2D eigenvalue weighted by molar-refractivity contribution is 0.138. The Morgan fingerprint density at radius 2 is 2.07 bits per heavy atom. The van der Waals surface area contributed by atoms with Crippen LogP contribution in [0.1, 0.15) is 40.5 Å². The van der Waals surface area contributed by atoms with Crippen molar-refractivity contribution >= 4 is 0 Å². The summed E-state index contributed by atoms with van der Waals surface area (Å²) in [6.07, 6.45) is 2.79. The highest BCUT2D eigenvalue weighted by molar-refractivity contribution is 4.80. The first-order chi connectivity index (χ1) is 7.13. The van der Waals surface area contributed by atoms with E-state index in [4.69, 9.17) is 0 Å². The van der Waals surface area contributed by atoms with E-state index < -0.39 is 0 Å². The molecule has 0 saturated carbocycles. The molecule has 90 valence electrons. The summed E-state index contributed by atoms with van der Waals surface area (Å²) in [6.45, 7) is 14.2. The second-order valence-corrected chi connectivity index (χ2v) is 5.40. The molecule has 0 aromatic carbocycles. The average molecular weight is 212 g/mol. The maximum Gasteiger partial charge on any atom is 0.00791 e. The molecule has 0 amide bonds. The van der Waals surface area contributed by atoms with Crippen LogP contribution in [0.3, 0.4) is 0 Å². The Bertz CT molecular complexity index is 168. The lowest BCUT2D eigenvalue weighted by Crippen LogP contribution is -2.45. The van der Waals surface area contributed by atoms with Crippen LogP contribution in [0.5, 0.6) is 0 Å². The van der Waals surface area contributed by atoms with Crippen LogP contribution >= 0.6 is 0 Å². The van der Waals surface area contributed by atoms with Gasteiger partial charge in [0.1, 0.15) is 0 Å². The number of nitrogens with one attached hydrogen (secondary N) is 1. The molecular formula is C13H28N2. The van der Waals surface area contributed by atoms with E-state index in [-0.39, 0.29) is 0 Å². The molecule has 15 heavy (non-hydrogen) atoms. The number of nitrogens with zero attached hydrogens (tertiary/aromatic N) is 1. The van der Waals surface area contributed by atoms with E-state index in [0.717, 1.165) is 18.4 Å². The van der Waals surface area contributed by atoms with E-state index in [1.807, 2.05) is 0 Å². The van der Waals surface area contributed by atoms with E-state index in [1.165, 1.54) is 32.5 Å². The maximum atomic E-state index is 3.56. The summed E-state index contributed by atoms with van der Waals surface area (Å²) < 4.78 is 0. The van der Waals surface area contributed by atoms with Crippen LogP contribution in [-0.4, -0.2) is 37.1 Å². The Morgan fingerprint density at radius 3 is 2.67 bits per heavy atom. The number of hydrogen-bond donors (Lipinski definition) is 1. The summed E-state index contributed by atoms with van der Waals surface area (Å²) in [5.41, 5.74) is 0. The molecule has 0 aliphatic carbocycles. The third-order valence-corrected chi connectivity index (χ3v) is 3.40. The molecule has 2 unspecified atom stereocenters. The van der Waals surface area contributed by atoms with Crippen molar-refractivity contribution in [2.45, 2.75) is 46.6 Å². The molecule has 0 aromatic heterocycles. The minimum absolute atomic E-state index is 0.685. The van der Waals surface area contributed by atoms with Crippen LogP contribution in [0.15, 0.2) is 0 Å². The van der Waals surface area contributed by atoms with Crippen LogP contribution in [0.2, 0.25) is 0 Å². The first-order valence-corrected chi connectivity index (χ1v) is 6.59. The molecule has 0 aromatic rings. The number of likely N-dealkylation sites (tertiary alicyclic amines) is 1. The maximum absolute atomic E-state index is 3.56. The minimum Gasteiger partial charge on any atom is -0.314 e. The van der Waals surface area contributed by atoms with Crippen molar-refractivity contribution in [2.24, 2.45) is 11.8 Å². The van der Waals surface area contributed by atoms with E-state index in [0.29, 0.717) is 6.04 Å². The predicted octanol–water partition coefficient (Wildman–Crippen LogP) is 2.35. The second-order valence-electron chi connectivity index (χ2n) is 5.40. The van der Waals surface area contributed by atoms with Crippen molar-refractivity contribution in [1.29, 1.82) is 0 Å². The number of piperidine rings is 1. The van der Waals surface area contributed by atoms with Crippen LogP contribution < -0.4 is 5.32 Å². The van der Waals surface area contributed by atoms with Crippen molar-refractivity contribution in [3.8, 4) is 0 Å². The SMILES string of the molecule is CCNC(C)C1CCCN(CC(C)C)C1. The highest BCUT2D eigenvalue weighted by Crippen LogP contribution is 2.20. The fraction of sp³-hybridized carbons (Fsp3) is 1.00. The lowest BCUT2D eigenvalue weighted by Gasteiger charge is -2.36. The number of rotatable bonds is 5. The van der Waals surface area contributed by atoms with Gasteiger partial charge in [-0.15, -0.1) is 0 Å². The van der Waals surface area contributed by atoms with Crippen LogP contribution in [0, 0.1) is 11.8 Å². The van der Waals surface area contributed by atoms with Crippen molar-refractivity contribution in [1.82, 2.24) is 10.2 Å². The molecule has 0 radical (unpaired) electrons. The highest BCUT2D eigenvalue weighted by Gasteiger charge is 2.24. The van der Waals surface area contributed by atoms with E-state index in [9.17, 15) is 0 Å². The van der Waals surface area contributed by atoms with Gasteiger partial charge in [0.25, 0.3) is 0 Å².